The predicted molar refractivity (Wildman–Crippen MR) is 114 cm³/mol. The van der Waals surface area contributed by atoms with Gasteiger partial charge in [0, 0.05) is 11.3 Å². The highest BCUT2D eigenvalue weighted by molar-refractivity contribution is 6.37. The Balaban J connectivity index is 2.19. The van der Waals surface area contributed by atoms with Gasteiger partial charge in [-0.05, 0) is 41.8 Å². The van der Waals surface area contributed by atoms with E-state index in [4.69, 9.17) is 49.4 Å². The largest absolute Gasteiger partial charge is 0.491 e. The highest BCUT2D eigenvalue weighted by Gasteiger charge is 2.25. The fraction of sp³-hybridized carbons (Fsp3) is 0.429. The number of hydrogen-bond acceptors (Lipinski definition) is 4. The van der Waals surface area contributed by atoms with E-state index in [1.807, 2.05) is 36.4 Å². The molecule has 0 aliphatic heterocycles. The number of hydrogen-bond donors (Lipinski definition) is 2. The Kier molecular flexibility index (Phi) is 8.72. The first-order valence-corrected chi connectivity index (χ1v) is 10.3. The molecule has 7 heteroatoms. The Morgan fingerprint density at radius 3 is 2.14 bits per heavy atom. The maximum absolute atomic E-state index is 9.38. The Labute approximate surface area is 180 Å². The summed E-state index contributed by atoms with van der Waals surface area (Å²) in [7, 11) is 0. The minimum atomic E-state index is -0.898. The van der Waals surface area contributed by atoms with Crippen molar-refractivity contribution >= 4 is 34.8 Å². The Hall–Kier alpha value is -1.17. The van der Waals surface area contributed by atoms with Crippen LogP contribution >= 0.6 is 34.8 Å². The van der Waals surface area contributed by atoms with Gasteiger partial charge in [0.2, 0.25) is 0 Å². The molecule has 0 aromatic heterocycles. The third-order valence-corrected chi connectivity index (χ3v) is 5.30. The van der Waals surface area contributed by atoms with Gasteiger partial charge in [-0.15, -0.1) is 11.6 Å². The third kappa shape index (κ3) is 5.91. The molecule has 154 valence electrons. The topological polar surface area (TPSA) is 58.9 Å². The van der Waals surface area contributed by atoms with Gasteiger partial charge in [-0.2, -0.15) is 0 Å². The molecule has 2 aromatic rings. The van der Waals surface area contributed by atoms with Gasteiger partial charge in [0.1, 0.15) is 18.5 Å². The van der Waals surface area contributed by atoms with Crippen molar-refractivity contribution in [2.45, 2.75) is 31.8 Å². The lowest BCUT2D eigenvalue weighted by molar-refractivity contribution is 0.0536. The smallest absolute Gasteiger partial charge is 0.156 e. The number of alkyl halides is 1. The number of aliphatic hydroxyl groups is 2. The summed E-state index contributed by atoms with van der Waals surface area (Å²) in [4.78, 5) is 0. The number of rotatable bonds is 10. The van der Waals surface area contributed by atoms with Crippen LogP contribution in [0.25, 0.3) is 0 Å². The van der Waals surface area contributed by atoms with Crippen molar-refractivity contribution in [3.63, 3.8) is 0 Å². The third-order valence-electron chi connectivity index (χ3n) is 4.47. The lowest BCUT2D eigenvalue weighted by Gasteiger charge is -2.27. The summed E-state index contributed by atoms with van der Waals surface area (Å²) in [5.74, 6) is 1.60. The van der Waals surface area contributed by atoms with E-state index in [0.717, 1.165) is 11.1 Å². The molecule has 0 fully saturated rings. The quantitative estimate of drug-likeness (QED) is 0.395. The SMILES string of the molecule is CC(C)(c1ccc(OCC(O)CO)cc1)c1cc(Cl)c(OCCCCl)c(Cl)c1. The molecule has 28 heavy (non-hydrogen) atoms. The maximum Gasteiger partial charge on any atom is 0.156 e. The number of ether oxygens (including phenoxy) is 2. The van der Waals surface area contributed by atoms with Crippen LogP contribution in [-0.4, -0.2) is 42.0 Å². The Morgan fingerprint density at radius 1 is 1.00 bits per heavy atom. The molecule has 0 amide bonds. The molecule has 0 aliphatic carbocycles. The first-order valence-electron chi connectivity index (χ1n) is 9.00. The van der Waals surface area contributed by atoms with Crippen molar-refractivity contribution < 1.29 is 19.7 Å². The highest BCUT2D eigenvalue weighted by atomic mass is 35.5. The van der Waals surface area contributed by atoms with E-state index >= 15 is 0 Å². The van der Waals surface area contributed by atoms with Crippen LogP contribution in [0, 0.1) is 0 Å². The number of aliphatic hydroxyl groups excluding tert-OH is 2. The first kappa shape index (κ1) is 23.1. The van der Waals surface area contributed by atoms with E-state index in [1.165, 1.54) is 0 Å². The van der Waals surface area contributed by atoms with Crippen molar-refractivity contribution in [2.24, 2.45) is 0 Å². The minimum Gasteiger partial charge on any atom is -0.491 e. The van der Waals surface area contributed by atoms with Crippen LogP contribution in [0.2, 0.25) is 10.0 Å². The molecule has 2 N–H and O–H groups in total. The summed E-state index contributed by atoms with van der Waals surface area (Å²) in [6.07, 6.45) is -0.184. The van der Waals surface area contributed by atoms with Crippen LogP contribution in [0.5, 0.6) is 11.5 Å². The zero-order valence-electron chi connectivity index (χ0n) is 15.9. The van der Waals surface area contributed by atoms with Gasteiger partial charge in [-0.25, -0.2) is 0 Å². The van der Waals surface area contributed by atoms with Gasteiger partial charge in [-0.3, -0.25) is 0 Å². The molecule has 4 nitrogen and oxygen atoms in total. The average molecular weight is 448 g/mol. The fourth-order valence-corrected chi connectivity index (χ4v) is 3.37. The molecule has 1 atom stereocenters. The summed E-state index contributed by atoms with van der Waals surface area (Å²) in [6.45, 7) is 4.31. The van der Waals surface area contributed by atoms with Gasteiger partial charge in [0.15, 0.2) is 5.75 Å². The predicted octanol–water partition coefficient (Wildman–Crippen LogP) is 5.06. The molecule has 0 aliphatic rings. The fourth-order valence-electron chi connectivity index (χ4n) is 2.67. The van der Waals surface area contributed by atoms with E-state index in [9.17, 15) is 5.11 Å². The molecule has 0 spiro atoms. The molecule has 0 saturated carbocycles. The van der Waals surface area contributed by atoms with Gasteiger partial charge in [0.05, 0.1) is 23.3 Å². The van der Waals surface area contributed by atoms with Gasteiger partial charge in [-0.1, -0.05) is 49.2 Å². The van der Waals surface area contributed by atoms with E-state index in [2.05, 4.69) is 13.8 Å². The standard InChI is InChI=1S/C21H25Cl3O4/c1-21(2,14-4-6-17(7-5-14)28-13-16(26)12-25)15-10-18(23)20(19(24)11-15)27-9-3-8-22/h4-7,10-11,16,25-26H,3,8-9,12-13H2,1-2H3. The number of halogens is 3. The van der Waals surface area contributed by atoms with Crippen LogP contribution < -0.4 is 9.47 Å². The van der Waals surface area contributed by atoms with Crippen LogP contribution in [0.15, 0.2) is 36.4 Å². The summed E-state index contributed by atoms with van der Waals surface area (Å²) in [6, 6.07) is 11.3. The van der Waals surface area contributed by atoms with E-state index < -0.39 is 6.10 Å². The summed E-state index contributed by atoms with van der Waals surface area (Å²) in [5.41, 5.74) is 1.65. The van der Waals surface area contributed by atoms with Crippen LogP contribution in [0.3, 0.4) is 0 Å². The van der Waals surface area contributed by atoms with Gasteiger partial charge >= 0.3 is 0 Å². The zero-order chi connectivity index (χ0) is 20.7. The molecule has 2 rings (SSSR count). The van der Waals surface area contributed by atoms with Crippen LogP contribution in [-0.2, 0) is 5.41 Å². The van der Waals surface area contributed by atoms with E-state index in [1.54, 1.807) is 0 Å². The van der Waals surface area contributed by atoms with Gasteiger partial charge < -0.3 is 19.7 Å². The average Bonchev–Trinajstić information content (AvgIpc) is 2.68. The number of benzene rings is 2. The first-order chi connectivity index (χ1) is 13.3. The molecule has 1 unspecified atom stereocenters. The zero-order valence-corrected chi connectivity index (χ0v) is 18.2. The van der Waals surface area contributed by atoms with Crippen LogP contribution in [0.1, 0.15) is 31.4 Å². The van der Waals surface area contributed by atoms with Crippen LogP contribution in [0.4, 0.5) is 0 Å². The van der Waals surface area contributed by atoms with Crippen molar-refractivity contribution in [1.82, 2.24) is 0 Å². The van der Waals surface area contributed by atoms with Crippen molar-refractivity contribution in [3.8, 4) is 11.5 Å². The summed E-state index contributed by atoms with van der Waals surface area (Å²) in [5, 5.41) is 19.1. The van der Waals surface area contributed by atoms with Crippen molar-refractivity contribution in [1.29, 1.82) is 0 Å². The molecular formula is C21H25Cl3O4. The van der Waals surface area contributed by atoms with Crippen molar-refractivity contribution in [2.75, 3.05) is 25.7 Å². The Morgan fingerprint density at radius 2 is 1.61 bits per heavy atom. The lowest BCUT2D eigenvalue weighted by Crippen LogP contribution is -2.21. The second-order valence-corrected chi connectivity index (χ2v) is 8.15. The molecule has 2 aromatic carbocycles. The van der Waals surface area contributed by atoms with E-state index in [-0.39, 0.29) is 18.6 Å². The monoisotopic (exact) mass is 446 g/mol. The second kappa shape index (κ2) is 10.6. The lowest BCUT2D eigenvalue weighted by atomic mass is 9.78. The highest BCUT2D eigenvalue weighted by Crippen LogP contribution is 2.40. The maximum atomic E-state index is 9.38. The molecular weight excluding hydrogens is 423 g/mol. The molecule has 0 saturated heterocycles. The summed E-state index contributed by atoms with van der Waals surface area (Å²) >= 11 is 18.5. The minimum absolute atomic E-state index is 0.0373. The summed E-state index contributed by atoms with van der Waals surface area (Å²) < 4.78 is 11.1. The molecule has 0 radical (unpaired) electrons. The van der Waals surface area contributed by atoms with Gasteiger partial charge in [0.25, 0.3) is 0 Å². The van der Waals surface area contributed by atoms with Crippen molar-refractivity contribution in [3.05, 3.63) is 57.6 Å². The second-order valence-electron chi connectivity index (χ2n) is 6.96. The Bertz CT molecular complexity index is 740. The molecule has 0 bridgehead atoms. The normalized spacial score (nSPS) is 12.7. The van der Waals surface area contributed by atoms with E-state index in [0.29, 0.717) is 40.5 Å². The molecule has 0 heterocycles.